The lowest BCUT2D eigenvalue weighted by molar-refractivity contribution is -0.121. The van der Waals surface area contributed by atoms with E-state index in [1.165, 1.54) is 21.8 Å². The second-order valence-corrected chi connectivity index (χ2v) is 5.27. The van der Waals surface area contributed by atoms with Crippen molar-refractivity contribution in [3.8, 4) is 6.07 Å². The molecule has 8 nitrogen and oxygen atoms in total. The summed E-state index contributed by atoms with van der Waals surface area (Å²) in [4.78, 5) is 28.5. The fourth-order valence-electron chi connectivity index (χ4n) is 2.34. The van der Waals surface area contributed by atoms with Gasteiger partial charge in [0.15, 0.2) is 5.65 Å². The van der Waals surface area contributed by atoms with Gasteiger partial charge in [0.25, 0.3) is 5.56 Å². The van der Waals surface area contributed by atoms with Crippen molar-refractivity contribution < 1.29 is 4.79 Å². The Bertz CT molecular complexity index is 1010. The zero-order valence-corrected chi connectivity index (χ0v) is 12.9. The number of rotatable bonds is 4. The zero-order valence-electron chi connectivity index (χ0n) is 12.9. The number of amides is 1. The Hall–Kier alpha value is -3.47. The summed E-state index contributed by atoms with van der Waals surface area (Å²) < 4.78 is 2.74. The fraction of sp³-hybridized carbons (Fsp3) is 0.188. The minimum Gasteiger partial charge on any atom is -0.350 e. The van der Waals surface area contributed by atoms with Gasteiger partial charge in [-0.05, 0) is 17.7 Å². The molecule has 0 aliphatic carbocycles. The van der Waals surface area contributed by atoms with Crippen molar-refractivity contribution in [3.05, 3.63) is 58.3 Å². The van der Waals surface area contributed by atoms with E-state index in [2.05, 4.69) is 15.4 Å². The lowest BCUT2D eigenvalue weighted by Crippen LogP contribution is -2.32. The molecule has 0 radical (unpaired) electrons. The number of carbonyl (C=O) groups is 1. The second-order valence-electron chi connectivity index (χ2n) is 5.27. The average molecular weight is 322 g/mol. The first-order chi connectivity index (χ1) is 11.6. The van der Waals surface area contributed by atoms with Gasteiger partial charge in [0.05, 0.1) is 17.8 Å². The van der Waals surface area contributed by atoms with E-state index in [1.54, 1.807) is 25.2 Å². The molecule has 0 spiro atoms. The standard InChI is InChI=1S/C16H14N6O2/c1-21-15-13(8-20-21)16(24)22(10-19-15)9-14(23)18-7-12-4-2-3-11(5-12)6-17/h2-5,8,10H,7,9H2,1H3,(H,18,23). The summed E-state index contributed by atoms with van der Waals surface area (Å²) in [5, 5.41) is 15.9. The van der Waals surface area contributed by atoms with E-state index >= 15 is 0 Å². The highest BCUT2D eigenvalue weighted by Crippen LogP contribution is 2.04. The van der Waals surface area contributed by atoms with Gasteiger partial charge < -0.3 is 5.32 Å². The van der Waals surface area contributed by atoms with Crippen LogP contribution in [0.3, 0.4) is 0 Å². The third-order valence-corrected chi connectivity index (χ3v) is 3.58. The predicted octanol–water partition coefficient (Wildman–Crippen LogP) is 0.318. The third-order valence-electron chi connectivity index (χ3n) is 3.58. The van der Waals surface area contributed by atoms with Crippen LogP contribution in [0.25, 0.3) is 11.0 Å². The summed E-state index contributed by atoms with van der Waals surface area (Å²) in [6.45, 7) is 0.153. The maximum absolute atomic E-state index is 12.3. The van der Waals surface area contributed by atoms with Crippen LogP contribution in [-0.2, 0) is 24.9 Å². The van der Waals surface area contributed by atoms with Gasteiger partial charge in [0, 0.05) is 13.6 Å². The van der Waals surface area contributed by atoms with Crippen LogP contribution in [0, 0.1) is 11.3 Å². The highest BCUT2D eigenvalue weighted by Gasteiger charge is 2.10. The molecule has 0 saturated carbocycles. The molecule has 120 valence electrons. The van der Waals surface area contributed by atoms with Gasteiger partial charge in [0.2, 0.25) is 5.91 Å². The number of fused-ring (bicyclic) bond motifs is 1. The highest BCUT2D eigenvalue weighted by molar-refractivity contribution is 5.77. The van der Waals surface area contributed by atoms with Crippen LogP contribution >= 0.6 is 0 Å². The van der Waals surface area contributed by atoms with E-state index in [-0.39, 0.29) is 24.6 Å². The smallest absolute Gasteiger partial charge is 0.264 e. The summed E-state index contributed by atoms with van der Waals surface area (Å²) in [7, 11) is 1.70. The molecule has 3 rings (SSSR count). The number of hydrogen-bond acceptors (Lipinski definition) is 5. The monoisotopic (exact) mass is 322 g/mol. The topological polar surface area (TPSA) is 106 Å². The maximum atomic E-state index is 12.3. The lowest BCUT2D eigenvalue weighted by Gasteiger charge is -2.07. The van der Waals surface area contributed by atoms with Crippen LogP contribution in [-0.4, -0.2) is 25.2 Å². The molecular formula is C16H14N6O2. The van der Waals surface area contributed by atoms with Crippen LogP contribution in [0.2, 0.25) is 0 Å². The second kappa shape index (κ2) is 6.34. The van der Waals surface area contributed by atoms with E-state index in [9.17, 15) is 9.59 Å². The molecule has 0 aliphatic heterocycles. The van der Waals surface area contributed by atoms with E-state index in [4.69, 9.17) is 5.26 Å². The molecule has 2 aromatic heterocycles. The quantitative estimate of drug-likeness (QED) is 0.744. The van der Waals surface area contributed by atoms with E-state index in [1.807, 2.05) is 12.1 Å². The Kier molecular flexibility index (Phi) is 4.07. The molecule has 0 aliphatic rings. The first kappa shape index (κ1) is 15.4. The van der Waals surface area contributed by atoms with Crippen molar-refractivity contribution >= 4 is 16.9 Å². The number of nitrogens with one attached hydrogen (secondary N) is 1. The van der Waals surface area contributed by atoms with Gasteiger partial charge in [-0.3, -0.25) is 18.8 Å². The van der Waals surface area contributed by atoms with E-state index < -0.39 is 0 Å². The normalized spacial score (nSPS) is 10.5. The Labute approximate surface area is 137 Å². The van der Waals surface area contributed by atoms with Crippen molar-refractivity contribution in [2.24, 2.45) is 7.05 Å². The molecule has 2 heterocycles. The van der Waals surface area contributed by atoms with Crippen molar-refractivity contribution in [3.63, 3.8) is 0 Å². The zero-order chi connectivity index (χ0) is 17.1. The van der Waals surface area contributed by atoms with Gasteiger partial charge in [-0.1, -0.05) is 12.1 Å². The number of aromatic nitrogens is 4. The van der Waals surface area contributed by atoms with Gasteiger partial charge in [0.1, 0.15) is 18.3 Å². The molecule has 1 aromatic carbocycles. The van der Waals surface area contributed by atoms with Crippen molar-refractivity contribution in [1.29, 1.82) is 5.26 Å². The van der Waals surface area contributed by atoms with Crippen molar-refractivity contribution in [1.82, 2.24) is 24.6 Å². The Morgan fingerprint density at radius 1 is 1.42 bits per heavy atom. The number of carbonyl (C=O) groups excluding carboxylic acids is 1. The van der Waals surface area contributed by atoms with Gasteiger partial charge in [-0.2, -0.15) is 10.4 Å². The molecule has 1 amide bonds. The molecular weight excluding hydrogens is 308 g/mol. The van der Waals surface area contributed by atoms with Crippen LogP contribution in [0.5, 0.6) is 0 Å². The fourth-order valence-corrected chi connectivity index (χ4v) is 2.34. The van der Waals surface area contributed by atoms with Crippen molar-refractivity contribution in [2.45, 2.75) is 13.1 Å². The SMILES string of the molecule is Cn1ncc2c(=O)n(CC(=O)NCc3cccc(C#N)c3)cnc21. The molecule has 3 aromatic rings. The number of hydrogen-bond donors (Lipinski definition) is 1. The average Bonchev–Trinajstić information content (AvgIpc) is 2.97. The molecule has 0 bridgehead atoms. The van der Waals surface area contributed by atoms with Crippen molar-refractivity contribution in [2.75, 3.05) is 0 Å². The Morgan fingerprint density at radius 2 is 2.25 bits per heavy atom. The third kappa shape index (κ3) is 3.01. The van der Waals surface area contributed by atoms with E-state index in [0.717, 1.165) is 5.56 Å². The molecule has 0 fully saturated rings. The first-order valence-corrected chi connectivity index (χ1v) is 7.21. The lowest BCUT2D eigenvalue weighted by atomic mass is 10.1. The minimum absolute atomic E-state index is 0.130. The number of nitrogens with zero attached hydrogens (tertiary/aromatic N) is 5. The molecule has 0 saturated heterocycles. The Morgan fingerprint density at radius 3 is 3.04 bits per heavy atom. The molecule has 0 unspecified atom stereocenters. The number of nitriles is 1. The van der Waals surface area contributed by atoms with Crippen LogP contribution < -0.4 is 10.9 Å². The molecule has 24 heavy (non-hydrogen) atoms. The van der Waals surface area contributed by atoms with Gasteiger partial charge >= 0.3 is 0 Å². The summed E-state index contributed by atoms with van der Waals surface area (Å²) in [5.41, 5.74) is 1.51. The van der Waals surface area contributed by atoms with Gasteiger partial charge in [-0.15, -0.1) is 0 Å². The van der Waals surface area contributed by atoms with Crippen LogP contribution in [0.15, 0.2) is 41.6 Å². The minimum atomic E-state index is -0.315. The largest absolute Gasteiger partial charge is 0.350 e. The first-order valence-electron chi connectivity index (χ1n) is 7.21. The van der Waals surface area contributed by atoms with Crippen LogP contribution in [0.1, 0.15) is 11.1 Å². The van der Waals surface area contributed by atoms with Crippen LogP contribution in [0.4, 0.5) is 0 Å². The molecule has 0 atom stereocenters. The summed E-state index contributed by atoms with van der Waals surface area (Å²) >= 11 is 0. The van der Waals surface area contributed by atoms with Gasteiger partial charge in [-0.25, -0.2) is 4.98 Å². The summed E-state index contributed by atoms with van der Waals surface area (Å²) in [5.74, 6) is -0.315. The maximum Gasteiger partial charge on any atom is 0.264 e. The molecule has 8 heteroatoms. The summed E-state index contributed by atoms with van der Waals surface area (Å²) in [6, 6.07) is 9.02. The molecule has 1 N–H and O–H groups in total. The Balaban J connectivity index is 1.70. The number of benzene rings is 1. The highest BCUT2D eigenvalue weighted by atomic mass is 16.2. The number of aryl methyl sites for hydroxylation is 1. The van der Waals surface area contributed by atoms with E-state index in [0.29, 0.717) is 16.6 Å². The summed E-state index contributed by atoms with van der Waals surface area (Å²) in [6.07, 6.45) is 2.77. The predicted molar refractivity (Wildman–Crippen MR) is 85.8 cm³/mol.